The average Bonchev–Trinajstić information content (AvgIpc) is 2.29. The maximum atomic E-state index is 10.7. The molecule has 0 aromatic heterocycles. The number of aromatic carboxylic acids is 1. The third-order valence-electron chi connectivity index (χ3n) is 2.99. The predicted molar refractivity (Wildman–Crippen MR) is 64.5 cm³/mol. The van der Waals surface area contributed by atoms with Crippen molar-refractivity contribution in [3.63, 3.8) is 0 Å². The molecule has 0 amide bonds. The van der Waals surface area contributed by atoms with Gasteiger partial charge in [0, 0.05) is 6.54 Å². The van der Waals surface area contributed by atoms with Crippen molar-refractivity contribution in [2.75, 3.05) is 20.1 Å². The number of carboxylic acids is 1. The Hall–Kier alpha value is -1.55. The van der Waals surface area contributed by atoms with E-state index in [0.29, 0.717) is 0 Å². The van der Waals surface area contributed by atoms with E-state index in [1.807, 2.05) is 0 Å². The van der Waals surface area contributed by atoms with Crippen LogP contribution < -0.4 is 4.74 Å². The minimum absolute atomic E-state index is 0.212. The Morgan fingerprint density at radius 2 is 2.12 bits per heavy atom. The van der Waals surface area contributed by atoms with Crippen LogP contribution >= 0.6 is 0 Å². The highest BCUT2D eigenvalue weighted by Crippen LogP contribution is 2.18. The first-order valence-electron chi connectivity index (χ1n) is 5.84. The molecule has 0 saturated carbocycles. The molecule has 1 aliphatic heterocycles. The number of carboxylic acid groups (broad SMARTS) is 1. The van der Waals surface area contributed by atoms with Gasteiger partial charge in [-0.3, -0.25) is 0 Å². The van der Waals surface area contributed by atoms with E-state index in [0.717, 1.165) is 31.7 Å². The monoisotopic (exact) mass is 235 g/mol. The van der Waals surface area contributed by atoms with E-state index in [1.54, 1.807) is 24.3 Å². The van der Waals surface area contributed by atoms with Crippen molar-refractivity contribution < 1.29 is 14.6 Å². The fourth-order valence-electron chi connectivity index (χ4n) is 2.08. The second-order valence-electron chi connectivity index (χ2n) is 4.47. The van der Waals surface area contributed by atoms with E-state index in [2.05, 4.69) is 11.9 Å². The van der Waals surface area contributed by atoms with Gasteiger partial charge in [0.05, 0.1) is 5.56 Å². The molecule has 2 rings (SSSR count). The smallest absolute Gasteiger partial charge is 0.335 e. The fourth-order valence-corrected chi connectivity index (χ4v) is 2.08. The Morgan fingerprint density at radius 3 is 2.71 bits per heavy atom. The van der Waals surface area contributed by atoms with Gasteiger partial charge in [-0.15, -0.1) is 0 Å². The first-order chi connectivity index (χ1) is 8.15. The summed E-state index contributed by atoms with van der Waals surface area (Å²) in [6.45, 7) is 2.05. The molecule has 1 aromatic rings. The SMILES string of the molecule is CN1CCCC(Oc2ccc(C(=O)O)cc2)C1. The molecule has 1 aliphatic rings. The highest BCUT2D eigenvalue weighted by molar-refractivity contribution is 5.87. The zero-order chi connectivity index (χ0) is 12.3. The van der Waals surface area contributed by atoms with E-state index in [-0.39, 0.29) is 11.7 Å². The normalized spacial score (nSPS) is 21.1. The van der Waals surface area contributed by atoms with Crippen LogP contribution in [0.4, 0.5) is 0 Å². The van der Waals surface area contributed by atoms with Gasteiger partial charge >= 0.3 is 5.97 Å². The molecule has 1 aromatic carbocycles. The molecule has 1 unspecified atom stereocenters. The minimum atomic E-state index is -0.908. The van der Waals surface area contributed by atoms with Gasteiger partial charge < -0.3 is 14.7 Å². The number of carbonyl (C=O) groups is 1. The molecule has 4 heteroatoms. The first kappa shape index (κ1) is 11.9. The van der Waals surface area contributed by atoms with Crippen LogP contribution in [-0.4, -0.2) is 42.2 Å². The lowest BCUT2D eigenvalue weighted by molar-refractivity contribution is 0.0696. The molecule has 92 valence electrons. The topological polar surface area (TPSA) is 49.8 Å². The summed E-state index contributed by atoms with van der Waals surface area (Å²) in [5.41, 5.74) is 0.290. The number of likely N-dealkylation sites (N-methyl/N-ethyl adjacent to an activating group) is 1. The van der Waals surface area contributed by atoms with Gasteiger partial charge in [0.15, 0.2) is 0 Å². The van der Waals surface area contributed by atoms with Gasteiger partial charge in [0.25, 0.3) is 0 Å². The number of rotatable bonds is 3. The molecule has 1 fully saturated rings. The van der Waals surface area contributed by atoms with Crippen LogP contribution in [0.15, 0.2) is 24.3 Å². The second-order valence-corrected chi connectivity index (χ2v) is 4.47. The Morgan fingerprint density at radius 1 is 1.41 bits per heavy atom. The molecular weight excluding hydrogens is 218 g/mol. The molecule has 0 bridgehead atoms. The van der Waals surface area contributed by atoms with Crippen LogP contribution in [0.5, 0.6) is 5.75 Å². The van der Waals surface area contributed by atoms with Crippen molar-refractivity contribution >= 4 is 5.97 Å². The number of nitrogens with zero attached hydrogens (tertiary/aromatic N) is 1. The number of likely N-dealkylation sites (tertiary alicyclic amines) is 1. The minimum Gasteiger partial charge on any atom is -0.489 e. The van der Waals surface area contributed by atoms with Crippen LogP contribution in [0.1, 0.15) is 23.2 Å². The van der Waals surface area contributed by atoms with Gasteiger partial charge in [-0.1, -0.05) is 0 Å². The summed E-state index contributed by atoms with van der Waals surface area (Å²) < 4.78 is 5.83. The van der Waals surface area contributed by atoms with Crippen molar-refractivity contribution in [1.29, 1.82) is 0 Å². The zero-order valence-corrected chi connectivity index (χ0v) is 9.93. The van der Waals surface area contributed by atoms with Crippen LogP contribution in [-0.2, 0) is 0 Å². The zero-order valence-electron chi connectivity index (χ0n) is 9.93. The molecule has 1 heterocycles. The molecular formula is C13H17NO3. The largest absolute Gasteiger partial charge is 0.489 e. The first-order valence-corrected chi connectivity index (χ1v) is 5.84. The van der Waals surface area contributed by atoms with E-state index < -0.39 is 5.97 Å². The number of hydrogen-bond donors (Lipinski definition) is 1. The highest BCUT2D eigenvalue weighted by Gasteiger charge is 2.18. The third kappa shape index (κ3) is 3.20. The molecule has 1 atom stereocenters. The lowest BCUT2D eigenvalue weighted by Gasteiger charge is -2.30. The number of piperidine rings is 1. The molecule has 0 radical (unpaired) electrons. The van der Waals surface area contributed by atoms with E-state index in [4.69, 9.17) is 9.84 Å². The Kier molecular flexibility index (Phi) is 3.64. The Bertz CT molecular complexity index is 388. The van der Waals surface area contributed by atoms with Crippen molar-refractivity contribution in [3.8, 4) is 5.75 Å². The van der Waals surface area contributed by atoms with Crippen LogP contribution in [0, 0.1) is 0 Å². The summed E-state index contributed by atoms with van der Waals surface area (Å²) in [6, 6.07) is 6.59. The lowest BCUT2D eigenvalue weighted by Crippen LogP contribution is -2.38. The Labute approximate surface area is 101 Å². The molecule has 0 aliphatic carbocycles. The molecule has 1 saturated heterocycles. The third-order valence-corrected chi connectivity index (χ3v) is 2.99. The fraction of sp³-hybridized carbons (Fsp3) is 0.462. The van der Waals surface area contributed by atoms with Gasteiger partial charge in [-0.05, 0) is 50.7 Å². The van der Waals surface area contributed by atoms with Gasteiger partial charge in [0.1, 0.15) is 11.9 Å². The number of benzene rings is 1. The van der Waals surface area contributed by atoms with Gasteiger partial charge in [-0.25, -0.2) is 4.79 Å². The van der Waals surface area contributed by atoms with E-state index in [1.165, 1.54) is 0 Å². The molecule has 1 N–H and O–H groups in total. The van der Waals surface area contributed by atoms with Crippen molar-refractivity contribution in [3.05, 3.63) is 29.8 Å². The van der Waals surface area contributed by atoms with Crippen molar-refractivity contribution in [1.82, 2.24) is 4.90 Å². The molecule has 4 nitrogen and oxygen atoms in total. The van der Waals surface area contributed by atoms with Crippen LogP contribution in [0.3, 0.4) is 0 Å². The average molecular weight is 235 g/mol. The molecule has 0 spiro atoms. The number of hydrogen-bond acceptors (Lipinski definition) is 3. The summed E-state index contributed by atoms with van der Waals surface area (Å²) in [6.07, 6.45) is 2.42. The van der Waals surface area contributed by atoms with E-state index >= 15 is 0 Å². The summed E-state index contributed by atoms with van der Waals surface area (Å²) in [5, 5.41) is 8.78. The maximum Gasteiger partial charge on any atom is 0.335 e. The lowest BCUT2D eigenvalue weighted by atomic mass is 10.1. The molecule has 17 heavy (non-hydrogen) atoms. The summed E-state index contributed by atoms with van der Waals surface area (Å²) in [7, 11) is 2.09. The van der Waals surface area contributed by atoms with Crippen molar-refractivity contribution in [2.24, 2.45) is 0 Å². The summed E-state index contributed by atoms with van der Waals surface area (Å²) in [4.78, 5) is 12.9. The van der Waals surface area contributed by atoms with Gasteiger partial charge in [0.2, 0.25) is 0 Å². The standard InChI is InChI=1S/C13H17NO3/c1-14-8-2-3-12(9-14)17-11-6-4-10(5-7-11)13(15)16/h4-7,12H,2-3,8-9H2,1H3,(H,15,16). The quantitative estimate of drug-likeness (QED) is 0.868. The van der Waals surface area contributed by atoms with Gasteiger partial charge in [-0.2, -0.15) is 0 Å². The maximum absolute atomic E-state index is 10.7. The van der Waals surface area contributed by atoms with E-state index in [9.17, 15) is 4.79 Å². The highest BCUT2D eigenvalue weighted by atomic mass is 16.5. The van der Waals surface area contributed by atoms with Crippen LogP contribution in [0.25, 0.3) is 0 Å². The van der Waals surface area contributed by atoms with Crippen molar-refractivity contribution in [2.45, 2.75) is 18.9 Å². The summed E-state index contributed by atoms with van der Waals surface area (Å²) in [5.74, 6) is -0.163. The van der Waals surface area contributed by atoms with Crippen LogP contribution in [0.2, 0.25) is 0 Å². The number of ether oxygens (including phenoxy) is 1. The predicted octanol–water partition coefficient (Wildman–Crippen LogP) is 1.86. The summed E-state index contributed by atoms with van der Waals surface area (Å²) >= 11 is 0. The Balaban J connectivity index is 1.96. The second kappa shape index (κ2) is 5.19.